The average Bonchev–Trinajstić information content (AvgIpc) is 2.77. The van der Waals surface area contributed by atoms with Gasteiger partial charge in [0.15, 0.2) is 0 Å². The van der Waals surface area contributed by atoms with Gasteiger partial charge in [0, 0.05) is 10.4 Å². The fourth-order valence-electron chi connectivity index (χ4n) is 1.69. The summed E-state index contributed by atoms with van der Waals surface area (Å²) >= 11 is 5.91. The van der Waals surface area contributed by atoms with E-state index in [1.54, 1.807) is 0 Å². The molecule has 2 aromatic rings. The van der Waals surface area contributed by atoms with Gasteiger partial charge in [-0.15, -0.1) is 0 Å². The summed E-state index contributed by atoms with van der Waals surface area (Å²) in [6.45, 7) is 2.24. The highest BCUT2D eigenvalue weighted by Gasteiger charge is 2.41. The maximum atomic E-state index is 5.91. The number of H-pyrrole nitrogens is 1. The topological polar surface area (TPSA) is 28.7 Å². The van der Waals surface area contributed by atoms with E-state index in [9.17, 15) is 0 Å². The molecule has 1 fully saturated rings. The van der Waals surface area contributed by atoms with Gasteiger partial charge in [0.2, 0.25) is 0 Å². The van der Waals surface area contributed by atoms with Crippen LogP contribution >= 0.6 is 11.6 Å². The molecule has 1 aliphatic carbocycles. The number of benzene rings is 1. The molecule has 72 valence electrons. The first-order valence-electron chi connectivity index (χ1n) is 4.83. The average molecular weight is 207 g/mol. The van der Waals surface area contributed by atoms with Crippen molar-refractivity contribution < 1.29 is 0 Å². The van der Waals surface area contributed by atoms with Crippen molar-refractivity contribution in [1.82, 2.24) is 9.97 Å². The molecule has 14 heavy (non-hydrogen) atoms. The molecule has 3 heteroatoms. The van der Waals surface area contributed by atoms with Gasteiger partial charge in [0.05, 0.1) is 11.0 Å². The molecule has 2 nitrogen and oxygen atoms in total. The lowest BCUT2D eigenvalue weighted by Crippen LogP contribution is -2.01. The molecule has 0 unspecified atom stereocenters. The van der Waals surface area contributed by atoms with Crippen molar-refractivity contribution >= 4 is 22.6 Å². The van der Waals surface area contributed by atoms with Gasteiger partial charge in [-0.05, 0) is 31.0 Å². The maximum absolute atomic E-state index is 5.91. The number of hydrogen-bond donors (Lipinski definition) is 1. The Morgan fingerprint density at radius 2 is 2.21 bits per heavy atom. The molecule has 0 amide bonds. The van der Waals surface area contributed by atoms with Crippen molar-refractivity contribution in [3.05, 3.63) is 29.0 Å². The Morgan fingerprint density at radius 3 is 2.93 bits per heavy atom. The molecule has 0 radical (unpaired) electrons. The summed E-state index contributed by atoms with van der Waals surface area (Å²) in [5, 5.41) is 0.758. The van der Waals surface area contributed by atoms with Gasteiger partial charge >= 0.3 is 0 Å². The van der Waals surface area contributed by atoms with Crippen LogP contribution in [0.2, 0.25) is 5.02 Å². The highest BCUT2D eigenvalue weighted by Crippen LogP contribution is 2.46. The van der Waals surface area contributed by atoms with Crippen LogP contribution < -0.4 is 0 Å². The molecular weight excluding hydrogens is 196 g/mol. The third-order valence-electron chi connectivity index (χ3n) is 3.02. The zero-order valence-corrected chi connectivity index (χ0v) is 8.73. The van der Waals surface area contributed by atoms with E-state index in [1.807, 2.05) is 18.2 Å². The highest BCUT2D eigenvalue weighted by molar-refractivity contribution is 6.31. The van der Waals surface area contributed by atoms with Gasteiger partial charge in [-0.3, -0.25) is 0 Å². The Morgan fingerprint density at radius 1 is 1.43 bits per heavy atom. The Balaban J connectivity index is 2.20. The first kappa shape index (κ1) is 8.30. The van der Waals surface area contributed by atoms with Gasteiger partial charge in [0.25, 0.3) is 0 Å². The van der Waals surface area contributed by atoms with E-state index in [1.165, 1.54) is 12.8 Å². The zero-order valence-electron chi connectivity index (χ0n) is 7.97. The third kappa shape index (κ3) is 1.14. The molecule has 0 saturated heterocycles. The minimum Gasteiger partial charge on any atom is -0.341 e. The Kier molecular flexibility index (Phi) is 1.49. The van der Waals surface area contributed by atoms with Gasteiger partial charge in [0.1, 0.15) is 5.82 Å². The molecule has 1 aromatic carbocycles. The van der Waals surface area contributed by atoms with Crippen molar-refractivity contribution in [2.45, 2.75) is 25.2 Å². The lowest BCUT2D eigenvalue weighted by Gasteiger charge is -2.00. The predicted octanol–water partition coefficient (Wildman–Crippen LogP) is 3.27. The molecular formula is C11H11ClN2. The molecule has 0 atom stereocenters. The molecule has 1 N–H and O–H groups in total. The van der Waals surface area contributed by atoms with Crippen molar-refractivity contribution in [3.8, 4) is 0 Å². The summed E-state index contributed by atoms with van der Waals surface area (Å²) in [5.74, 6) is 1.11. The van der Waals surface area contributed by atoms with Crippen molar-refractivity contribution in [2.24, 2.45) is 0 Å². The van der Waals surface area contributed by atoms with Crippen LogP contribution in [-0.4, -0.2) is 9.97 Å². The van der Waals surface area contributed by atoms with Crippen molar-refractivity contribution in [3.63, 3.8) is 0 Å². The number of rotatable bonds is 1. The number of aromatic amines is 1. The van der Waals surface area contributed by atoms with Gasteiger partial charge in [-0.25, -0.2) is 4.98 Å². The lowest BCUT2D eigenvalue weighted by atomic mass is 10.1. The lowest BCUT2D eigenvalue weighted by molar-refractivity contribution is 0.728. The number of imidazole rings is 1. The Labute approximate surface area is 87.3 Å². The first-order chi connectivity index (χ1) is 6.67. The van der Waals surface area contributed by atoms with Gasteiger partial charge < -0.3 is 4.98 Å². The van der Waals surface area contributed by atoms with Crippen LogP contribution in [0.15, 0.2) is 18.2 Å². The van der Waals surface area contributed by atoms with E-state index in [2.05, 4.69) is 16.9 Å². The molecule has 0 spiro atoms. The Bertz CT molecular complexity index is 497. The smallest absolute Gasteiger partial charge is 0.113 e. The van der Waals surface area contributed by atoms with Gasteiger partial charge in [-0.2, -0.15) is 0 Å². The quantitative estimate of drug-likeness (QED) is 0.762. The molecule has 1 heterocycles. The molecule has 1 aliphatic rings. The second kappa shape index (κ2) is 2.51. The first-order valence-corrected chi connectivity index (χ1v) is 5.21. The van der Waals surface area contributed by atoms with Crippen molar-refractivity contribution in [2.75, 3.05) is 0 Å². The molecule has 0 aliphatic heterocycles. The number of nitrogens with zero attached hydrogens (tertiary/aromatic N) is 1. The number of aromatic nitrogens is 2. The van der Waals surface area contributed by atoms with Crippen LogP contribution in [0.3, 0.4) is 0 Å². The monoisotopic (exact) mass is 206 g/mol. The standard InChI is InChI=1S/C11H11ClN2/c1-11(4-5-11)10-13-8-3-2-7(12)6-9(8)14-10/h2-3,6H,4-5H2,1H3,(H,13,14). The van der Waals surface area contributed by atoms with Crippen LogP contribution in [0.25, 0.3) is 11.0 Å². The number of nitrogens with one attached hydrogen (secondary N) is 1. The van der Waals surface area contributed by atoms with Crippen molar-refractivity contribution in [1.29, 1.82) is 0 Å². The predicted molar refractivity (Wildman–Crippen MR) is 57.7 cm³/mol. The fourth-order valence-corrected chi connectivity index (χ4v) is 1.86. The summed E-state index contributed by atoms with van der Waals surface area (Å²) in [7, 11) is 0. The molecule has 1 saturated carbocycles. The Hall–Kier alpha value is -1.02. The normalized spacial score (nSPS) is 18.7. The van der Waals surface area contributed by atoms with E-state index in [0.29, 0.717) is 5.41 Å². The molecule has 3 rings (SSSR count). The fraction of sp³-hybridized carbons (Fsp3) is 0.364. The van der Waals surface area contributed by atoms with Crippen LogP contribution in [0.4, 0.5) is 0 Å². The summed E-state index contributed by atoms with van der Waals surface area (Å²) in [6.07, 6.45) is 2.47. The number of hydrogen-bond acceptors (Lipinski definition) is 1. The molecule has 1 aromatic heterocycles. The third-order valence-corrected chi connectivity index (χ3v) is 3.25. The highest BCUT2D eigenvalue weighted by atomic mass is 35.5. The summed E-state index contributed by atoms with van der Waals surface area (Å²) in [6, 6.07) is 5.77. The summed E-state index contributed by atoms with van der Waals surface area (Å²) < 4.78 is 0. The SMILES string of the molecule is CC1(c2nc3ccc(Cl)cc3[nH]2)CC1. The second-order valence-electron chi connectivity index (χ2n) is 4.31. The van der Waals surface area contributed by atoms with E-state index in [-0.39, 0.29) is 0 Å². The maximum Gasteiger partial charge on any atom is 0.113 e. The van der Waals surface area contributed by atoms with E-state index >= 15 is 0 Å². The van der Waals surface area contributed by atoms with Crippen LogP contribution in [0.5, 0.6) is 0 Å². The minimum atomic E-state index is 0.297. The van der Waals surface area contributed by atoms with E-state index in [0.717, 1.165) is 21.9 Å². The van der Waals surface area contributed by atoms with Crippen LogP contribution in [-0.2, 0) is 5.41 Å². The largest absolute Gasteiger partial charge is 0.341 e. The van der Waals surface area contributed by atoms with Crippen LogP contribution in [0, 0.1) is 0 Å². The minimum absolute atomic E-state index is 0.297. The van der Waals surface area contributed by atoms with E-state index in [4.69, 9.17) is 11.6 Å². The number of fused-ring (bicyclic) bond motifs is 1. The number of halogens is 1. The summed E-state index contributed by atoms with van der Waals surface area (Å²) in [4.78, 5) is 7.92. The summed E-state index contributed by atoms with van der Waals surface area (Å²) in [5.41, 5.74) is 2.35. The zero-order chi connectivity index (χ0) is 9.76. The van der Waals surface area contributed by atoms with Crippen LogP contribution in [0.1, 0.15) is 25.6 Å². The molecule has 0 bridgehead atoms. The van der Waals surface area contributed by atoms with Gasteiger partial charge in [-0.1, -0.05) is 18.5 Å². The van der Waals surface area contributed by atoms with E-state index < -0.39 is 0 Å². The second-order valence-corrected chi connectivity index (χ2v) is 4.74.